The lowest BCUT2D eigenvalue weighted by molar-refractivity contribution is -0.138. The summed E-state index contributed by atoms with van der Waals surface area (Å²) in [5, 5.41) is 0. The first kappa shape index (κ1) is 26.1. The fraction of sp³-hybridized carbons (Fsp3) is 0.478. The van der Waals surface area contributed by atoms with Gasteiger partial charge in [-0.1, -0.05) is 6.07 Å². The van der Waals surface area contributed by atoms with Crippen LogP contribution in [-0.4, -0.2) is 67.7 Å². The quantitative estimate of drug-likeness (QED) is 0.543. The molecule has 36 heavy (non-hydrogen) atoms. The second-order valence-electron chi connectivity index (χ2n) is 9.02. The molecule has 7 nitrogen and oxygen atoms in total. The Morgan fingerprint density at radius 3 is 2.31 bits per heavy atom. The number of alkyl halides is 3. The van der Waals surface area contributed by atoms with E-state index < -0.39 is 33.2 Å². The number of nitrogens with zero attached hydrogens (tertiary/aromatic N) is 4. The predicted molar refractivity (Wildman–Crippen MR) is 121 cm³/mol. The van der Waals surface area contributed by atoms with Gasteiger partial charge in [-0.25, -0.2) is 27.0 Å². The van der Waals surface area contributed by atoms with Crippen LogP contribution < -0.4 is 4.90 Å². The molecule has 2 saturated heterocycles. The highest BCUT2D eigenvalue weighted by Crippen LogP contribution is 2.32. The number of hydrogen-bond donors (Lipinski definition) is 0. The van der Waals surface area contributed by atoms with Crippen LogP contribution in [0.25, 0.3) is 0 Å². The normalized spacial score (nSPS) is 18.2. The molecule has 2 aromatic rings. The molecule has 0 atom stereocenters. The molecule has 2 aliphatic heterocycles. The lowest BCUT2D eigenvalue weighted by Crippen LogP contribution is -2.55. The maximum atomic E-state index is 14.5. The van der Waals surface area contributed by atoms with Crippen LogP contribution >= 0.6 is 0 Å². The minimum Gasteiger partial charge on any atom is -0.354 e. The summed E-state index contributed by atoms with van der Waals surface area (Å²) < 4.78 is 90.5. The number of hydrogen-bond acceptors (Lipinski definition) is 5. The van der Waals surface area contributed by atoms with Crippen molar-refractivity contribution < 1.29 is 35.2 Å². The SMILES string of the molecule is CS(=O)(=O)c1ccc(CN2CCCN(C3CCN(c4ncc(C(F)(F)F)cc4F)CC3)C2=O)c(F)c1. The maximum absolute atomic E-state index is 14.5. The molecule has 2 fully saturated rings. The van der Waals surface area contributed by atoms with Gasteiger partial charge in [0.2, 0.25) is 0 Å². The van der Waals surface area contributed by atoms with Crippen LogP contribution in [-0.2, 0) is 22.6 Å². The predicted octanol–water partition coefficient (Wildman–Crippen LogP) is 4.08. The number of carbonyl (C=O) groups excluding carboxylic acids is 1. The minimum absolute atomic E-state index is 0.00919. The Morgan fingerprint density at radius 1 is 1.03 bits per heavy atom. The summed E-state index contributed by atoms with van der Waals surface area (Å²) >= 11 is 0. The average Bonchev–Trinajstić information content (AvgIpc) is 2.80. The highest BCUT2D eigenvalue weighted by atomic mass is 32.2. The number of piperidine rings is 1. The minimum atomic E-state index is -4.68. The first-order chi connectivity index (χ1) is 16.8. The molecule has 196 valence electrons. The van der Waals surface area contributed by atoms with Crippen LogP contribution in [0.3, 0.4) is 0 Å². The lowest BCUT2D eigenvalue weighted by Gasteiger charge is -2.43. The van der Waals surface area contributed by atoms with Crippen molar-refractivity contribution in [1.29, 1.82) is 0 Å². The smallest absolute Gasteiger partial charge is 0.354 e. The van der Waals surface area contributed by atoms with Crippen molar-refractivity contribution in [3.05, 3.63) is 53.2 Å². The number of amides is 2. The molecule has 1 aromatic heterocycles. The van der Waals surface area contributed by atoms with Crippen molar-refractivity contribution in [3.8, 4) is 0 Å². The number of halogens is 5. The molecule has 0 N–H and O–H groups in total. The highest BCUT2D eigenvalue weighted by molar-refractivity contribution is 7.90. The molecule has 3 heterocycles. The van der Waals surface area contributed by atoms with Crippen molar-refractivity contribution >= 4 is 21.7 Å². The largest absolute Gasteiger partial charge is 0.417 e. The highest BCUT2D eigenvalue weighted by Gasteiger charge is 2.35. The standard InChI is InChI=1S/C23H25F5N4O3S/c1-36(34,35)18-4-3-15(19(24)12-18)14-31-7-2-8-32(22(31)33)17-5-9-30(10-6-17)21-20(25)11-16(13-29-21)23(26,27)28/h3-4,11-13,17H,2,5-10,14H2,1H3. The molecule has 2 aliphatic rings. The van der Waals surface area contributed by atoms with E-state index in [0.717, 1.165) is 12.3 Å². The van der Waals surface area contributed by atoms with E-state index in [9.17, 15) is 35.2 Å². The number of carbonyl (C=O) groups is 1. The molecule has 13 heteroatoms. The van der Waals surface area contributed by atoms with E-state index in [1.165, 1.54) is 17.0 Å². The molecule has 0 aliphatic carbocycles. The van der Waals surface area contributed by atoms with Gasteiger partial charge in [0.15, 0.2) is 21.5 Å². The fourth-order valence-corrected chi connectivity index (χ4v) is 5.22. The second kappa shape index (κ2) is 9.83. The lowest BCUT2D eigenvalue weighted by atomic mass is 10.0. The number of rotatable bonds is 5. The van der Waals surface area contributed by atoms with Crippen molar-refractivity contribution in [2.75, 3.05) is 37.3 Å². The third-order valence-corrected chi connectivity index (χ3v) is 7.62. The van der Waals surface area contributed by atoms with Crippen molar-refractivity contribution in [2.45, 2.75) is 42.9 Å². The van der Waals surface area contributed by atoms with E-state index in [1.807, 2.05) is 0 Å². The summed E-state index contributed by atoms with van der Waals surface area (Å²) in [6, 6.07) is 3.62. The van der Waals surface area contributed by atoms with Gasteiger partial charge in [-0.15, -0.1) is 0 Å². The van der Waals surface area contributed by atoms with Gasteiger partial charge in [-0.3, -0.25) is 0 Å². The molecule has 0 saturated carbocycles. The number of urea groups is 1. The number of aromatic nitrogens is 1. The molecular formula is C23H25F5N4O3S. The summed E-state index contributed by atoms with van der Waals surface area (Å²) in [6.07, 6.45) is -1.49. The van der Waals surface area contributed by atoms with Gasteiger partial charge in [0.25, 0.3) is 0 Å². The number of anilines is 1. The van der Waals surface area contributed by atoms with Crippen LogP contribution in [0, 0.1) is 11.6 Å². The molecule has 4 rings (SSSR count). The molecule has 0 bridgehead atoms. The number of pyridine rings is 1. The molecule has 0 spiro atoms. The third-order valence-electron chi connectivity index (χ3n) is 6.51. The zero-order valence-corrected chi connectivity index (χ0v) is 20.2. The topological polar surface area (TPSA) is 73.8 Å². The van der Waals surface area contributed by atoms with E-state index in [2.05, 4.69) is 4.98 Å². The molecule has 2 amide bonds. The first-order valence-corrected chi connectivity index (χ1v) is 13.3. The van der Waals surface area contributed by atoms with E-state index in [-0.39, 0.29) is 34.9 Å². The van der Waals surface area contributed by atoms with Crippen LogP contribution in [0.2, 0.25) is 0 Å². The summed E-state index contributed by atoms with van der Waals surface area (Å²) in [4.78, 5) is 21.5. The van der Waals surface area contributed by atoms with Gasteiger partial charge in [-0.05, 0) is 37.5 Å². The van der Waals surface area contributed by atoms with Crippen molar-refractivity contribution in [3.63, 3.8) is 0 Å². The van der Waals surface area contributed by atoms with Crippen LogP contribution in [0.5, 0.6) is 0 Å². The molecule has 0 radical (unpaired) electrons. The fourth-order valence-electron chi connectivity index (χ4n) is 4.59. The Bertz CT molecular complexity index is 1250. The van der Waals surface area contributed by atoms with Gasteiger partial charge >= 0.3 is 12.2 Å². The Balaban J connectivity index is 1.39. The summed E-state index contributed by atoms with van der Waals surface area (Å²) in [7, 11) is -3.56. The average molecular weight is 533 g/mol. The van der Waals surface area contributed by atoms with Crippen molar-refractivity contribution in [2.24, 2.45) is 0 Å². The number of benzene rings is 1. The Kier molecular flexibility index (Phi) is 7.13. The van der Waals surface area contributed by atoms with Gasteiger partial charge in [0.1, 0.15) is 5.82 Å². The first-order valence-electron chi connectivity index (χ1n) is 11.4. The monoisotopic (exact) mass is 532 g/mol. The second-order valence-corrected chi connectivity index (χ2v) is 11.0. The van der Waals surface area contributed by atoms with E-state index in [0.29, 0.717) is 57.7 Å². The van der Waals surface area contributed by atoms with Crippen LogP contribution in [0.1, 0.15) is 30.4 Å². The summed E-state index contributed by atoms with van der Waals surface area (Å²) in [6.45, 7) is 1.53. The van der Waals surface area contributed by atoms with Crippen LogP contribution in [0.15, 0.2) is 35.4 Å². The zero-order chi connectivity index (χ0) is 26.3. The van der Waals surface area contributed by atoms with E-state index >= 15 is 0 Å². The molecule has 0 unspecified atom stereocenters. The third kappa shape index (κ3) is 5.55. The maximum Gasteiger partial charge on any atom is 0.417 e. The molecule has 1 aromatic carbocycles. The molecular weight excluding hydrogens is 507 g/mol. The Labute approximate surface area is 205 Å². The van der Waals surface area contributed by atoms with Crippen molar-refractivity contribution in [1.82, 2.24) is 14.8 Å². The van der Waals surface area contributed by atoms with Gasteiger partial charge in [0.05, 0.1) is 17.0 Å². The Morgan fingerprint density at radius 2 is 1.72 bits per heavy atom. The van der Waals surface area contributed by atoms with Crippen LogP contribution in [0.4, 0.5) is 32.6 Å². The van der Waals surface area contributed by atoms with E-state index in [4.69, 9.17) is 0 Å². The van der Waals surface area contributed by atoms with Gasteiger partial charge in [-0.2, -0.15) is 13.2 Å². The Hall–Kier alpha value is -2.96. The summed E-state index contributed by atoms with van der Waals surface area (Å²) in [5.74, 6) is -1.91. The van der Waals surface area contributed by atoms with Gasteiger partial charge < -0.3 is 14.7 Å². The number of sulfone groups is 1. The van der Waals surface area contributed by atoms with Gasteiger partial charge in [0, 0.05) is 50.2 Å². The summed E-state index contributed by atoms with van der Waals surface area (Å²) in [5.41, 5.74) is -0.948. The zero-order valence-electron chi connectivity index (χ0n) is 19.4. The van der Waals surface area contributed by atoms with E-state index in [1.54, 1.807) is 9.80 Å².